The Labute approximate surface area is 209 Å². The van der Waals surface area contributed by atoms with Crippen LogP contribution in [0.5, 0.6) is 0 Å². The summed E-state index contributed by atoms with van der Waals surface area (Å²) in [6.07, 6.45) is 13.3. The molecule has 0 atom stereocenters. The highest BCUT2D eigenvalue weighted by atomic mass is 16.3. The van der Waals surface area contributed by atoms with Crippen LogP contribution in [0.2, 0.25) is 0 Å². The van der Waals surface area contributed by atoms with Crippen molar-refractivity contribution in [1.29, 1.82) is 0 Å². The van der Waals surface area contributed by atoms with Gasteiger partial charge in [0.25, 0.3) is 0 Å². The molecule has 0 bridgehead atoms. The Hall–Kier alpha value is -2.68. The van der Waals surface area contributed by atoms with E-state index in [1.807, 2.05) is 12.3 Å². The Morgan fingerprint density at radius 2 is 1.66 bits per heavy atom. The number of pyridine rings is 2. The largest absolute Gasteiger partial charge is 0.437 e. The fourth-order valence-electron chi connectivity index (χ4n) is 7.24. The summed E-state index contributed by atoms with van der Waals surface area (Å²) in [7, 11) is 2.21. The average molecular weight is 468 g/mol. The van der Waals surface area contributed by atoms with Crippen molar-refractivity contribution in [1.82, 2.24) is 4.98 Å². The maximum Gasteiger partial charge on any atom is 0.227 e. The molecule has 6 rings (SSSR count). The molecule has 1 saturated carbocycles. The zero-order valence-corrected chi connectivity index (χ0v) is 22.3. The summed E-state index contributed by atoms with van der Waals surface area (Å²) in [6, 6.07) is 8.96. The number of aryl methyl sites for hydroxylation is 1. The molecule has 0 amide bonds. The van der Waals surface area contributed by atoms with Gasteiger partial charge in [0.2, 0.25) is 11.4 Å². The minimum atomic E-state index is 0.0894. The summed E-state index contributed by atoms with van der Waals surface area (Å²) >= 11 is 0. The van der Waals surface area contributed by atoms with Crippen molar-refractivity contribution in [3.63, 3.8) is 0 Å². The van der Waals surface area contributed by atoms with Gasteiger partial charge in [-0.05, 0) is 84.2 Å². The van der Waals surface area contributed by atoms with Crippen LogP contribution in [-0.2, 0) is 17.9 Å². The molecule has 1 aromatic carbocycles. The number of hydrogen-bond acceptors (Lipinski definition) is 2. The number of hydrogen-bond donors (Lipinski definition) is 0. The molecule has 0 radical (unpaired) electrons. The third-order valence-electron chi connectivity index (χ3n) is 9.16. The summed E-state index contributed by atoms with van der Waals surface area (Å²) in [5.41, 5.74) is 10.3. The van der Waals surface area contributed by atoms with Gasteiger partial charge >= 0.3 is 0 Å². The smallest absolute Gasteiger partial charge is 0.227 e. The SMILES string of the molecule is Cc1c2c(c3c(oc4ncccc43)c1-c1ccc(C3CCCCC3)c[n+]1C)C(C)(C)CCC2(C)C. The second-order valence-electron chi connectivity index (χ2n) is 12.5. The molecule has 3 heteroatoms. The van der Waals surface area contributed by atoms with E-state index in [-0.39, 0.29) is 10.8 Å². The number of fused-ring (bicyclic) bond motifs is 5. The van der Waals surface area contributed by atoms with Gasteiger partial charge in [-0.1, -0.05) is 47.0 Å². The standard InChI is InChI=1S/C32H39N2O/c1-20-25(24-15-14-22(19-34(24)6)21-11-8-7-9-12-21)29-26(23-13-10-18-33-30(23)35-29)28-27(20)31(2,3)16-17-32(28,4)5/h10,13-15,18-19,21H,7-9,11-12,16-17H2,1-6H3/q+1. The van der Waals surface area contributed by atoms with E-state index in [0.717, 1.165) is 16.7 Å². The summed E-state index contributed by atoms with van der Waals surface area (Å²) in [4.78, 5) is 4.64. The summed E-state index contributed by atoms with van der Waals surface area (Å²) in [5, 5.41) is 2.42. The maximum atomic E-state index is 6.62. The van der Waals surface area contributed by atoms with Gasteiger partial charge in [-0.25, -0.2) is 9.55 Å². The first kappa shape index (κ1) is 22.8. The highest BCUT2D eigenvalue weighted by Crippen LogP contribution is 2.54. The highest BCUT2D eigenvalue weighted by molar-refractivity contribution is 6.12. The fourth-order valence-corrected chi connectivity index (χ4v) is 7.24. The molecule has 3 aromatic heterocycles. The molecule has 0 spiro atoms. The molecule has 35 heavy (non-hydrogen) atoms. The lowest BCUT2D eigenvalue weighted by molar-refractivity contribution is -0.660. The predicted molar refractivity (Wildman–Crippen MR) is 144 cm³/mol. The van der Waals surface area contributed by atoms with E-state index in [0.29, 0.717) is 5.92 Å². The highest BCUT2D eigenvalue weighted by Gasteiger charge is 2.42. The second-order valence-corrected chi connectivity index (χ2v) is 12.5. The molecular weight excluding hydrogens is 428 g/mol. The first-order valence-electron chi connectivity index (χ1n) is 13.5. The first-order valence-corrected chi connectivity index (χ1v) is 13.5. The first-order chi connectivity index (χ1) is 16.7. The number of aromatic nitrogens is 2. The molecule has 0 aliphatic heterocycles. The number of benzene rings is 1. The van der Waals surface area contributed by atoms with Crippen molar-refractivity contribution in [2.75, 3.05) is 0 Å². The van der Waals surface area contributed by atoms with Gasteiger partial charge in [0.05, 0.1) is 5.56 Å². The normalized spacial score (nSPS) is 19.8. The van der Waals surface area contributed by atoms with Gasteiger partial charge in [0.15, 0.2) is 11.8 Å². The zero-order chi connectivity index (χ0) is 24.5. The Bertz CT molecular complexity index is 1450. The van der Waals surface area contributed by atoms with Crippen molar-refractivity contribution in [3.8, 4) is 11.3 Å². The molecule has 0 N–H and O–H groups in total. The van der Waals surface area contributed by atoms with Crippen LogP contribution in [-0.4, -0.2) is 4.98 Å². The summed E-state index contributed by atoms with van der Waals surface area (Å²) in [5.74, 6) is 0.698. The van der Waals surface area contributed by atoms with E-state index in [2.05, 4.69) is 75.6 Å². The third-order valence-corrected chi connectivity index (χ3v) is 9.16. The quantitative estimate of drug-likeness (QED) is 0.278. The van der Waals surface area contributed by atoms with E-state index in [4.69, 9.17) is 4.42 Å². The van der Waals surface area contributed by atoms with E-state index >= 15 is 0 Å². The van der Waals surface area contributed by atoms with Crippen molar-refractivity contribution in [2.24, 2.45) is 7.05 Å². The third kappa shape index (κ3) is 3.45. The molecular formula is C32H39N2O+. The Balaban J connectivity index is 1.68. The fraction of sp³-hybridized carbons (Fsp3) is 0.500. The molecule has 2 aliphatic rings. The Kier molecular flexibility index (Phi) is 5.15. The van der Waals surface area contributed by atoms with E-state index < -0.39 is 0 Å². The van der Waals surface area contributed by atoms with Crippen molar-refractivity contribution in [3.05, 3.63) is 58.9 Å². The monoisotopic (exact) mass is 467 g/mol. The topological polar surface area (TPSA) is 29.9 Å². The minimum Gasteiger partial charge on any atom is -0.437 e. The van der Waals surface area contributed by atoms with Gasteiger partial charge in [-0.15, -0.1) is 0 Å². The number of rotatable bonds is 2. The number of nitrogens with zero attached hydrogens (tertiary/aromatic N) is 2. The lowest BCUT2D eigenvalue weighted by Crippen LogP contribution is -2.36. The van der Waals surface area contributed by atoms with Gasteiger partial charge in [0, 0.05) is 28.6 Å². The van der Waals surface area contributed by atoms with Crippen LogP contribution in [0.4, 0.5) is 0 Å². The van der Waals surface area contributed by atoms with Crippen LogP contribution >= 0.6 is 0 Å². The van der Waals surface area contributed by atoms with Gasteiger partial charge in [0.1, 0.15) is 7.05 Å². The van der Waals surface area contributed by atoms with Crippen LogP contribution in [0.25, 0.3) is 33.3 Å². The van der Waals surface area contributed by atoms with Gasteiger partial charge in [-0.3, -0.25) is 0 Å². The van der Waals surface area contributed by atoms with E-state index in [1.165, 1.54) is 83.8 Å². The average Bonchev–Trinajstić information content (AvgIpc) is 3.21. The van der Waals surface area contributed by atoms with Crippen LogP contribution in [0.3, 0.4) is 0 Å². The molecule has 2 aliphatic carbocycles. The lowest BCUT2D eigenvalue weighted by Gasteiger charge is -2.43. The van der Waals surface area contributed by atoms with Crippen LogP contribution in [0, 0.1) is 6.92 Å². The molecule has 0 unspecified atom stereocenters. The molecule has 182 valence electrons. The Morgan fingerprint density at radius 1 is 0.943 bits per heavy atom. The van der Waals surface area contributed by atoms with Gasteiger partial charge < -0.3 is 4.42 Å². The molecule has 3 nitrogen and oxygen atoms in total. The summed E-state index contributed by atoms with van der Waals surface area (Å²) in [6.45, 7) is 12.0. The Morgan fingerprint density at radius 3 is 2.37 bits per heavy atom. The minimum absolute atomic E-state index is 0.0894. The predicted octanol–water partition coefficient (Wildman–Crippen LogP) is 8.18. The van der Waals surface area contributed by atoms with Crippen molar-refractivity contribution >= 4 is 22.1 Å². The molecule has 3 heterocycles. The lowest BCUT2D eigenvalue weighted by atomic mass is 9.60. The summed E-state index contributed by atoms with van der Waals surface area (Å²) < 4.78 is 8.97. The maximum absolute atomic E-state index is 6.62. The van der Waals surface area contributed by atoms with Crippen molar-refractivity contribution < 1.29 is 8.98 Å². The molecule has 4 aromatic rings. The van der Waals surface area contributed by atoms with Crippen molar-refractivity contribution in [2.45, 2.75) is 96.3 Å². The number of furan rings is 1. The molecule has 1 fully saturated rings. The zero-order valence-electron chi connectivity index (χ0n) is 22.3. The van der Waals surface area contributed by atoms with E-state index in [9.17, 15) is 0 Å². The van der Waals surface area contributed by atoms with Crippen LogP contribution in [0.1, 0.15) is 101 Å². The van der Waals surface area contributed by atoms with Crippen LogP contribution in [0.15, 0.2) is 41.1 Å². The van der Waals surface area contributed by atoms with E-state index in [1.54, 1.807) is 0 Å². The van der Waals surface area contributed by atoms with Gasteiger partial charge in [-0.2, -0.15) is 0 Å². The second kappa shape index (κ2) is 7.91. The molecule has 0 saturated heterocycles. The van der Waals surface area contributed by atoms with Crippen LogP contribution < -0.4 is 4.57 Å².